The van der Waals surface area contributed by atoms with Crippen molar-refractivity contribution < 1.29 is 23.8 Å². The van der Waals surface area contributed by atoms with E-state index >= 15 is 0 Å². The van der Waals surface area contributed by atoms with E-state index in [1.807, 2.05) is 12.1 Å². The molecule has 2 aromatic rings. The zero-order chi connectivity index (χ0) is 19.6. The molecule has 2 saturated heterocycles. The number of fused-ring (bicyclic) bond motifs is 4. The normalized spacial score (nSPS) is 23.9. The molecule has 0 spiro atoms. The Balaban J connectivity index is 1.52. The smallest absolute Gasteiger partial charge is 0.418 e. The summed E-state index contributed by atoms with van der Waals surface area (Å²) in [5.74, 6) is 0.856. The Morgan fingerprint density at radius 1 is 1.29 bits per heavy atom. The Bertz CT molecular complexity index is 982. The average Bonchev–Trinajstić information content (AvgIpc) is 3.34. The third kappa shape index (κ3) is 2.64. The van der Waals surface area contributed by atoms with Crippen LogP contribution in [0.4, 0.5) is 14.7 Å². The molecule has 3 aliphatic rings. The van der Waals surface area contributed by atoms with Gasteiger partial charge in [-0.2, -0.15) is 0 Å². The molecular formula is C19H21N3O5S. The lowest BCUT2D eigenvalue weighted by Crippen LogP contribution is -2.44. The highest BCUT2D eigenvalue weighted by molar-refractivity contribution is 7.22. The Morgan fingerprint density at radius 3 is 2.86 bits per heavy atom. The molecule has 0 radical (unpaired) electrons. The summed E-state index contributed by atoms with van der Waals surface area (Å²) in [6, 6.07) is 2.88. The number of urea groups is 1. The van der Waals surface area contributed by atoms with Crippen LogP contribution < -0.4 is 9.64 Å². The first-order valence-electron chi connectivity index (χ1n) is 9.32. The molecule has 0 saturated carbocycles. The van der Waals surface area contributed by atoms with Crippen molar-refractivity contribution in [2.45, 2.75) is 44.9 Å². The first-order chi connectivity index (χ1) is 13.3. The quantitative estimate of drug-likeness (QED) is 0.728. The SMILES string of the molecule is CC(C)(C)OC(=O)N1C(=O)N(c2nc3c4c(ccc3s2)OCC4)C2COCC21. The van der Waals surface area contributed by atoms with Gasteiger partial charge >= 0.3 is 12.1 Å². The van der Waals surface area contributed by atoms with Crippen LogP contribution in [0.25, 0.3) is 10.2 Å². The summed E-state index contributed by atoms with van der Waals surface area (Å²) < 4.78 is 17.7. The predicted octanol–water partition coefficient (Wildman–Crippen LogP) is 3.18. The number of carbonyl (C=O) groups excluding carboxylic acids is 2. The number of thiazole rings is 1. The number of ether oxygens (including phenoxy) is 3. The Morgan fingerprint density at radius 2 is 2.07 bits per heavy atom. The van der Waals surface area contributed by atoms with Crippen LogP contribution in [-0.2, 0) is 15.9 Å². The molecule has 0 N–H and O–H groups in total. The maximum Gasteiger partial charge on any atom is 0.418 e. The third-order valence-electron chi connectivity index (χ3n) is 5.11. The van der Waals surface area contributed by atoms with Crippen LogP contribution in [0.15, 0.2) is 12.1 Å². The van der Waals surface area contributed by atoms with E-state index in [-0.39, 0.29) is 12.1 Å². The molecule has 4 heterocycles. The molecule has 2 atom stereocenters. The maximum atomic E-state index is 13.2. The van der Waals surface area contributed by atoms with Crippen molar-refractivity contribution in [2.24, 2.45) is 0 Å². The number of carbonyl (C=O) groups is 2. The first kappa shape index (κ1) is 17.7. The van der Waals surface area contributed by atoms with Crippen molar-refractivity contribution >= 4 is 38.8 Å². The average molecular weight is 403 g/mol. The minimum Gasteiger partial charge on any atom is -0.493 e. The molecule has 5 rings (SSSR count). The Kier molecular flexibility index (Phi) is 3.82. The molecule has 1 aromatic carbocycles. The molecule has 2 fully saturated rings. The molecule has 3 aliphatic heterocycles. The zero-order valence-electron chi connectivity index (χ0n) is 15.9. The molecule has 0 bridgehead atoms. The van der Waals surface area contributed by atoms with Crippen molar-refractivity contribution in [1.82, 2.24) is 9.88 Å². The molecule has 8 nitrogen and oxygen atoms in total. The van der Waals surface area contributed by atoms with Gasteiger partial charge in [-0.1, -0.05) is 11.3 Å². The molecule has 148 valence electrons. The molecule has 9 heteroatoms. The number of imide groups is 1. The van der Waals surface area contributed by atoms with E-state index in [1.54, 1.807) is 25.7 Å². The van der Waals surface area contributed by atoms with Crippen molar-refractivity contribution in [2.75, 3.05) is 24.7 Å². The van der Waals surface area contributed by atoms with E-state index in [0.29, 0.717) is 25.0 Å². The number of hydrogen-bond donors (Lipinski definition) is 0. The van der Waals surface area contributed by atoms with Gasteiger partial charge in [0.25, 0.3) is 0 Å². The standard InChI is InChI=1S/C19H21N3O5S/c1-19(2,3)27-18(24)22-12-9-25-8-11(12)21(17(22)23)16-20-15-10-6-7-26-13(10)4-5-14(15)28-16/h4-5,11-12H,6-9H2,1-3H3. The number of nitrogens with zero attached hydrogens (tertiary/aromatic N) is 3. The minimum absolute atomic E-state index is 0.259. The monoisotopic (exact) mass is 403 g/mol. The summed E-state index contributed by atoms with van der Waals surface area (Å²) in [5, 5.41) is 0.576. The highest BCUT2D eigenvalue weighted by atomic mass is 32.1. The highest BCUT2D eigenvalue weighted by Crippen LogP contribution is 2.41. The first-order valence-corrected chi connectivity index (χ1v) is 10.1. The summed E-state index contributed by atoms with van der Waals surface area (Å²) in [6.07, 6.45) is 0.166. The number of rotatable bonds is 1. The number of amides is 3. The van der Waals surface area contributed by atoms with Crippen molar-refractivity contribution in [1.29, 1.82) is 0 Å². The largest absolute Gasteiger partial charge is 0.493 e. The number of benzene rings is 1. The molecule has 28 heavy (non-hydrogen) atoms. The molecule has 3 amide bonds. The molecule has 1 aromatic heterocycles. The van der Waals surface area contributed by atoms with Gasteiger partial charge in [0.1, 0.15) is 11.4 Å². The summed E-state index contributed by atoms with van der Waals surface area (Å²) in [5.41, 5.74) is 1.26. The lowest BCUT2D eigenvalue weighted by atomic mass is 10.1. The van der Waals surface area contributed by atoms with E-state index in [9.17, 15) is 9.59 Å². The van der Waals surface area contributed by atoms with Gasteiger partial charge < -0.3 is 14.2 Å². The van der Waals surface area contributed by atoms with Crippen LogP contribution in [0, 0.1) is 0 Å². The van der Waals surface area contributed by atoms with Crippen molar-refractivity contribution in [3.8, 4) is 5.75 Å². The molecule has 0 aliphatic carbocycles. The van der Waals surface area contributed by atoms with Gasteiger partial charge in [-0.3, -0.25) is 4.90 Å². The fraction of sp³-hybridized carbons (Fsp3) is 0.526. The predicted molar refractivity (Wildman–Crippen MR) is 103 cm³/mol. The van der Waals surface area contributed by atoms with Crippen LogP contribution in [0.3, 0.4) is 0 Å². The lowest BCUT2D eigenvalue weighted by molar-refractivity contribution is 0.0275. The Labute approximate surface area is 166 Å². The molecule has 2 unspecified atom stereocenters. The zero-order valence-corrected chi connectivity index (χ0v) is 16.7. The number of aromatic nitrogens is 1. The van der Waals surface area contributed by atoms with E-state index in [2.05, 4.69) is 0 Å². The summed E-state index contributed by atoms with van der Waals surface area (Å²) in [6.45, 7) is 6.66. The fourth-order valence-corrected chi connectivity index (χ4v) is 4.98. The second kappa shape index (κ2) is 6.05. The number of hydrogen-bond acceptors (Lipinski definition) is 7. The third-order valence-corrected chi connectivity index (χ3v) is 6.13. The van der Waals surface area contributed by atoms with Gasteiger partial charge in [-0.15, -0.1) is 0 Å². The van der Waals surface area contributed by atoms with Gasteiger partial charge in [0.15, 0.2) is 5.13 Å². The van der Waals surface area contributed by atoms with E-state index < -0.39 is 17.7 Å². The second-order valence-electron chi connectivity index (χ2n) is 8.16. The van der Waals surface area contributed by atoms with Crippen LogP contribution in [-0.4, -0.2) is 59.5 Å². The maximum absolute atomic E-state index is 13.2. The summed E-state index contributed by atoms with van der Waals surface area (Å²) in [4.78, 5) is 33.4. The lowest BCUT2D eigenvalue weighted by Gasteiger charge is -2.25. The van der Waals surface area contributed by atoms with E-state index in [4.69, 9.17) is 19.2 Å². The van der Waals surface area contributed by atoms with Crippen molar-refractivity contribution in [3.63, 3.8) is 0 Å². The van der Waals surface area contributed by atoms with Gasteiger partial charge in [0.2, 0.25) is 0 Å². The Hall–Kier alpha value is -2.39. The van der Waals surface area contributed by atoms with E-state index in [0.717, 1.165) is 28.0 Å². The summed E-state index contributed by atoms with van der Waals surface area (Å²) >= 11 is 1.44. The topological polar surface area (TPSA) is 81.2 Å². The van der Waals surface area contributed by atoms with Gasteiger partial charge in [0, 0.05) is 12.0 Å². The minimum atomic E-state index is -0.684. The van der Waals surface area contributed by atoms with Crippen LogP contribution >= 0.6 is 11.3 Å². The molecular weight excluding hydrogens is 382 g/mol. The van der Waals surface area contributed by atoms with Gasteiger partial charge in [-0.05, 0) is 32.9 Å². The fourth-order valence-electron chi connectivity index (χ4n) is 3.93. The van der Waals surface area contributed by atoms with Gasteiger partial charge in [-0.25, -0.2) is 19.5 Å². The van der Waals surface area contributed by atoms with E-state index in [1.165, 1.54) is 16.2 Å². The van der Waals surface area contributed by atoms with Crippen LogP contribution in [0.1, 0.15) is 26.3 Å². The van der Waals surface area contributed by atoms with Crippen LogP contribution in [0.2, 0.25) is 0 Å². The van der Waals surface area contributed by atoms with Gasteiger partial charge in [0.05, 0.1) is 42.1 Å². The number of anilines is 1. The van der Waals surface area contributed by atoms with Crippen molar-refractivity contribution in [3.05, 3.63) is 17.7 Å². The van der Waals surface area contributed by atoms with Crippen LogP contribution in [0.5, 0.6) is 5.75 Å². The highest BCUT2D eigenvalue weighted by Gasteiger charge is 2.54. The second-order valence-corrected chi connectivity index (χ2v) is 9.17. The summed E-state index contributed by atoms with van der Waals surface area (Å²) in [7, 11) is 0.